The third-order valence-corrected chi connectivity index (χ3v) is 2.99. The quantitative estimate of drug-likeness (QED) is 0.874. The molecule has 0 saturated carbocycles. The Morgan fingerprint density at radius 2 is 1.90 bits per heavy atom. The van der Waals surface area contributed by atoms with Gasteiger partial charge in [0.15, 0.2) is 0 Å². The number of carbonyl (C=O) groups excluding carboxylic acids is 1. The van der Waals surface area contributed by atoms with Crippen LogP contribution in [0.5, 0.6) is 0 Å². The molecule has 0 aliphatic carbocycles. The van der Waals surface area contributed by atoms with Crippen LogP contribution < -0.4 is 11.3 Å². The lowest BCUT2D eigenvalue weighted by Crippen LogP contribution is -2.28. The molecule has 2 rings (SSSR count). The van der Waals surface area contributed by atoms with Crippen LogP contribution in [0.2, 0.25) is 0 Å². The van der Waals surface area contributed by atoms with E-state index in [1.54, 1.807) is 24.1 Å². The van der Waals surface area contributed by atoms with Gasteiger partial charge >= 0.3 is 0 Å². The van der Waals surface area contributed by atoms with Gasteiger partial charge in [0, 0.05) is 26.2 Å². The maximum absolute atomic E-state index is 12.2. The number of aromatic nitrogens is 1. The summed E-state index contributed by atoms with van der Waals surface area (Å²) in [7, 11) is 1.70. The van der Waals surface area contributed by atoms with E-state index in [9.17, 15) is 9.59 Å². The van der Waals surface area contributed by atoms with E-state index >= 15 is 0 Å². The number of hydrogen-bond acceptors (Lipinski definition) is 3. The number of nitrogens with two attached hydrogens (primary N) is 1. The average Bonchev–Trinajstić information content (AvgIpc) is 2.46. The molecular weight excluding hydrogens is 254 g/mol. The average molecular weight is 271 g/mol. The van der Waals surface area contributed by atoms with Gasteiger partial charge in [0.25, 0.3) is 5.91 Å². The van der Waals surface area contributed by atoms with Crippen LogP contribution in [0.25, 0.3) is 0 Å². The number of benzene rings is 1. The van der Waals surface area contributed by atoms with Crippen LogP contribution in [0.3, 0.4) is 0 Å². The summed E-state index contributed by atoms with van der Waals surface area (Å²) in [5.41, 5.74) is 7.63. The van der Waals surface area contributed by atoms with Gasteiger partial charge in [-0.2, -0.15) is 0 Å². The van der Waals surface area contributed by atoms with Gasteiger partial charge in [0.2, 0.25) is 5.56 Å². The highest BCUT2D eigenvalue weighted by Gasteiger charge is 2.12. The van der Waals surface area contributed by atoms with E-state index < -0.39 is 0 Å². The minimum absolute atomic E-state index is 0.221. The minimum Gasteiger partial charge on any atom is -0.336 e. The highest BCUT2D eigenvalue weighted by Crippen LogP contribution is 2.09. The van der Waals surface area contributed by atoms with Crippen molar-refractivity contribution in [3.63, 3.8) is 0 Å². The Hall–Kier alpha value is -2.40. The summed E-state index contributed by atoms with van der Waals surface area (Å²) < 4.78 is 0. The van der Waals surface area contributed by atoms with Crippen LogP contribution in [0.1, 0.15) is 21.6 Å². The second kappa shape index (κ2) is 6.16. The van der Waals surface area contributed by atoms with Crippen molar-refractivity contribution < 1.29 is 4.79 Å². The Morgan fingerprint density at radius 1 is 1.20 bits per heavy atom. The van der Waals surface area contributed by atoms with Crippen molar-refractivity contribution in [1.82, 2.24) is 9.88 Å². The van der Waals surface area contributed by atoms with E-state index in [-0.39, 0.29) is 17.2 Å². The van der Waals surface area contributed by atoms with Crippen molar-refractivity contribution in [2.75, 3.05) is 7.05 Å². The van der Waals surface area contributed by atoms with Gasteiger partial charge in [-0.15, -0.1) is 0 Å². The third kappa shape index (κ3) is 3.33. The van der Waals surface area contributed by atoms with Crippen molar-refractivity contribution >= 4 is 5.91 Å². The Bertz CT molecular complexity index is 664. The van der Waals surface area contributed by atoms with E-state index in [2.05, 4.69) is 4.98 Å². The fraction of sp³-hybridized carbons (Fsp3) is 0.200. The molecule has 104 valence electrons. The molecule has 0 radical (unpaired) electrons. The second-order valence-electron chi connectivity index (χ2n) is 4.61. The molecular formula is C15H17N3O2. The smallest absolute Gasteiger partial charge is 0.270 e. The van der Waals surface area contributed by atoms with Crippen molar-refractivity contribution in [3.05, 3.63) is 69.6 Å². The molecule has 0 atom stereocenters. The van der Waals surface area contributed by atoms with Crippen LogP contribution in [-0.2, 0) is 13.1 Å². The number of nitrogens with zero attached hydrogens (tertiary/aromatic N) is 1. The zero-order valence-electron chi connectivity index (χ0n) is 11.3. The maximum Gasteiger partial charge on any atom is 0.270 e. The van der Waals surface area contributed by atoms with E-state index in [0.717, 1.165) is 11.1 Å². The lowest BCUT2D eigenvalue weighted by molar-refractivity contribution is 0.0779. The van der Waals surface area contributed by atoms with E-state index in [1.165, 1.54) is 6.07 Å². The number of pyridine rings is 1. The predicted molar refractivity (Wildman–Crippen MR) is 77.2 cm³/mol. The number of rotatable bonds is 4. The number of amides is 1. The molecule has 0 unspecified atom stereocenters. The van der Waals surface area contributed by atoms with Gasteiger partial charge in [-0.05, 0) is 17.2 Å². The zero-order chi connectivity index (χ0) is 14.5. The number of hydrogen-bond donors (Lipinski definition) is 2. The third-order valence-electron chi connectivity index (χ3n) is 2.99. The summed E-state index contributed by atoms with van der Waals surface area (Å²) in [5.74, 6) is -0.221. The molecule has 1 aromatic heterocycles. The molecule has 1 aromatic carbocycles. The minimum atomic E-state index is -0.283. The summed E-state index contributed by atoms with van der Waals surface area (Å²) in [5, 5.41) is 0. The lowest BCUT2D eigenvalue weighted by Gasteiger charge is -2.17. The largest absolute Gasteiger partial charge is 0.336 e. The Labute approximate surface area is 117 Å². The Kier molecular flexibility index (Phi) is 4.32. The van der Waals surface area contributed by atoms with E-state index in [0.29, 0.717) is 13.1 Å². The second-order valence-corrected chi connectivity index (χ2v) is 4.61. The predicted octanol–water partition coefficient (Wildman–Crippen LogP) is 1.11. The first-order chi connectivity index (χ1) is 9.60. The van der Waals surface area contributed by atoms with Gasteiger partial charge < -0.3 is 15.6 Å². The van der Waals surface area contributed by atoms with Gasteiger partial charge in [0.1, 0.15) is 5.69 Å². The first-order valence-electron chi connectivity index (χ1n) is 6.33. The van der Waals surface area contributed by atoms with Crippen molar-refractivity contribution in [1.29, 1.82) is 0 Å². The van der Waals surface area contributed by atoms with E-state index in [1.807, 2.05) is 24.3 Å². The summed E-state index contributed by atoms with van der Waals surface area (Å²) in [4.78, 5) is 27.5. The van der Waals surface area contributed by atoms with Crippen LogP contribution in [0, 0.1) is 0 Å². The van der Waals surface area contributed by atoms with Crippen LogP contribution in [0.15, 0.2) is 47.3 Å². The van der Waals surface area contributed by atoms with Crippen molar-refractivity contribution in [2.45, 2.75) is 13.1 Å². The molecule has 3 N–H and O–H groups in total. The number of carbonyl (C=O) groups is 1. The van der Waals surface area contributed by atoms with E-state index in [4.69, 9.17) is 5.73 Å². The fourth-order valence-electron chi connectivity index (χ4n) is 1.98. The van der Waals surface area contributed by atoms with Crippen molar-refractivity contribution in [2.24, 2.45) is 5.73 Å². The first-order valence-corrected chi connectivity index (χ1v) is 6.33. The summed E-state index contributed by atoms with van der Waals surface area (Å²) >= 11 is 0. The molecule has 0 aliphatic rings. The first kappa shape index (κ1) is 14.0. The van der Waals surface area contributed by atoms with Crippen molar-refractivity contribution in [3.8, 4) is 0 Å². The summed E-state index contributed by atoms with van der Waals surface area (Å²) in [6.07, 6.45) is 0. The highest BCUT2D eigenvalue weighted by molar-refractivity contribution is 5.91. The zero-order valence-corrected chi connectivity index (χ0v) is 11.3. The monoisotopic (exact) mass is 271 g/mol. The molecule has 0 aliphatic heterocycles. The molecule has 20 heavy (non-hydrogen) atoms. The molecule has 5 heteroatoms. The lowest BCUT2D eigenvalue weighted by atomic mass is 10.1. The Morgan fingerprint density at radius 3 is 2.60 bits per heavy atom. The normalized spacial score (nSPS) is 10.3. The molecule has 1 heterocycles. The molecule has 2 aromatic rings. The molecule has 0 saturated heterocycles. The van der Waals surface area contributed by atoms with Gasteiger partial charge in [-0.3, -0.25) is 9.59 Å². The standard InChI is InChI=1S/C15H17N3O2/c1-18(10-12-5-2-4-11(8-12)9-16)15(20)13-6-3-7-14(19)17-13/h2-8H,9-10,16H2,1H3,(H,17,19). The molecule has 0 bridgehead atoms. The topological polar surface area (TPSA) is 79.2 Å². The van der Waals surface area contributed by atoms with Crippen LogP contribution >= 0.6 is 0 Å². The van der Waals surface area contributed by atoms with Gasteiger partial charge in [-0.1, -0.05) is 30.3 Å². The molecule has 0 spiro atoms. The van der Waals surface area contributed by atoms with Gasteiger partial charge in [0.05, 0.1) is 0 Å². The van der Waals surface area contributed by atoms with Gasteiger partial charge in [-0.25, -0.2) is 0 Å². The highest BCUT2D eigenvalue weighted by atomic mass is 16.2. The molecule has 0 fully saturated rings. The number of aromatic amines is 1. The summed E-state index contributed by atoms with van der Waals surface area (Å²) in [6, 6.07) is 12.3. The van der Waals surface area contributed by atoms with Crippen LogP contribution in [0.4, 0.5) is 0 Å². The Balaban J connectivity index is 2.13. The number of H-pyrrole nitrogens is 1. The SMILES string of the molecule is CN(Cc1cccc(CN)c1)C(=O)c1cccc(=O)[nH]1. The maximum atomic E-state index is 12.2. The van der Waals surface area contributed by atoms with Crippen LogP contribution in [-0.4, -0.2) is 22.8 Å². The summed E-state index contributed by atoms with van der Waals surface area (Å²) in [6.45, 7) is 0.932. The fourth-order valence-corrected chi connectivity index (χ4v) is 1.98. The number of nitrogens with one attached hydrogen (secondary N) is 1. The molecule has 1 amide bonds. The molecule has 5 nitrogen and oxygen atoms in total.